The van der Waals surface area contributed by atoms with Gasteiger partial charge >= 0.3 is 0 Å². The molecule has 0 saturated heterocycles. The fourth-order valence-corrected chi connectivity index (χ4v) is 3.46. The molecule has 0 bridgehead atoms. The Hall–Kier alpha value is -2.49. The average molecular weight is 324 g/mol. The number of rotatable bonds is 5. The zero-order valence-electron chi connectivity index (χ0n) is 14.5. The van der Waals surface area contributed by atoms with Crippen molar-refractivity contribution in [3.63, 3.8) is 0 Å². The summed E-state index contributed by atoms with van der Waals surface area (Å²) in [6, 6.07) is 17.7. The van der Waals surface area contributed by atoms with Crippen molar-refractivity contribution in [3.05, 3.63) is 65.4 Å². The Balaban J connectivity index is 1.76. The molecule has 3 rings (SSSR count). The zero-order valence-corrected chi connectivity index (χ0v) is 14.5. The van der Waals surface area contributed by atoms with Gasteiger partial charge in [0.15, 0.2) is 6.04 Å². The molecule has 24 heavy (non-hydrogen) atoms. The molecule has 1 atom stereocenters. The van der Waals surface area contributed by atoms with E-state index in [0.717, 1.165) is 29.1 Å². The van der Waals surface area contributed by atoms with Crippen LogP contribution in [0, 0.1) is 10.6 Å². The highest BCUT2D eigenvalue weighted by Crippen LogP contribution is 2.35. The van der Waals surface area contributed by atoms with Crippen LogP contribution in [0.15, 0.2) is 54.6 Å². The smallest absolute Gasteiger partial charge is 0.200 e. The lowest BCUT2D eigenvalue weighted by atomic mass is 9.81. The van der Waals surface area contributed by atoms with Gasteiger partial charge in [-0.3, -0.25) is 0 Å². The third-order valence-corrected chi connectivity index (χ3v) is 4.62. The van der Waals surface area contributed by atoms with Crippen LogP contribution in [0.1, 0.15) is 25.8 Å². The van der Waals surface area contributed by atoms with Crippen molar-refractivity contribution in [1.29, 1.82) is 0 Å². The molecular formula is C20H24N2O2. The second-order valence-corrected chi connectivity index (χ2v) is 6.89. The zero-order chi connectivity index (χ0) is 17.2. The highest BCUT2D eigenvalue weighted by Gasteiger charge is 2.45. The molecular weight excluding hydrogens is 300 g/mol. The molecule has 0 aromatic heterocycles. The van der Waals surface area contributed by atoms with Crippen LogP contribution in [0.2, 0.25) is 0 Å². The van der Waals surface area contributed by atoms with Gasteiger partial charge in [0.1, 0.15) is 5.75 Å². The number of hydrogen-bond donors (Lipinski definition) is 1. The highest BCUT2D eigenvalue weighted by molar-refractivity contribution is 6.01. The van der Waals surface area contributed by atoms with Crippen molar-refractivity contribution in [1.82, 2.24) is 0 Å². The van der Waals surface area contributed by atoms with E-state index in [1.165, 1.54) is 4.74 Å². The van der Waals surface area contributed by atoms with E-state index in [1.54, 1.807) is 7.11 Å². The lowest BCUT2D eigenvalue weighted by molar-refractivity contribution is -0.487. The summed E-state index contributed by atoms with van der Waals surface area (Å²) in [5.41, 5.74) is 2.76. The highest BCUT2D eigenvalue weighted by atomic mass is 16.5. The van der Waals surface area contributed by atoms with Crippen LogP contribution in [-0.4, -0.2) is 30.1 Å². The summed E-state index contributed by atoms with van der Waals surface area (Å²) >= 11 is 0. The first-order chi connectivity index (χ1) is 11.5. The summed E-state index contributed by atoms with van der Waals surface area (Å²) in [5, 5.41) is 16.2. The molecule has 1 aliphatic heterocycles. The lowest BCUT2D eigenvalue weighted by Crippen LogP contribution is -2.27. The van der Waals surface area contributed by atoms with Crippen molar-refractivity contribution in [2.75, 3.05) is 19.0 Å². The standard InChI is InChI=1S/C20H24N2O2/c1-20(2)13-17(14-21-16-9-11-18(24-3)12-10-16)22(23)19(20)15-7-5-4-6-8-15/h4-12,17,21H,13-14H2,1-3H3. The molecule has 4 nitrogen and oxygen atoms in total. The van der Waals surface area contributed by atoms with Gasteiger partial charge in [0.05, 0.1) is 19.1 Å². The predicted octanol–water partition coefficient (Wildman–Crippen LogP) is 3.91. The molecule has 0 saturated carbocycles. The molecule has 126 valence electrons. The summed E-state index contributed by atoms with van der Waals surface area (Å²) in [7, 11) is 1.65. The van der Waals surface area contributed by atoms with E-state index < -0.39 is 0 Å². The number of benzene rings is 2. The molecule has 2 aromatic rings. The largest absolute Gasteiger partial charge is 0.623 e. The van der Waals surface area contributed by atoms with Crippen LogP contribution in [-0.2, 0) is 0 Å². The van der Waals surface area contributed by atoms with E-state index in [9.17, 15) is 5.21 Å². The summed E-state index contributed by atoms with van der Waals surface area (Å²) < 4.78 is 6.37. The lowest BCUT2D eigenvalue weighted by Gasteiger charge is -2.15. The minimum atomic E-state index is -0.130. The van der Waals surface area contributed by atoms with Crippen LogP contribution in [0.5, 0.6) is 5.75 Å². The number of ether oxygens (including phenoxy) is 1. The third-order valence-electron chi connectivity index (χ3n) is 4.62. The monoisotopic (exact) mass is 324 g/mol. The first kappa shape index (κ1) is 16.4. The SMILES string of the molecule is COc1ccc(NCC2CC(C)(C)C(c3ccccc3)=[N+]2[O-])cc1. The van der Waals surface area contributed by atoms with Crippen LogP contribution >= 0.6 is 0 Å². The van der Waals surface area contributed by atoms with Crippen molar-refractivity contribution in [2.24, 2.45) is 5.41 Å². The number of nitrogens with zero attached hydrogens (tertiary/aromatic N) is 1. The fraction of sp³-hybridized carbons (Fsp3) is 0.350. The molecule has 1 N–H and O–H groups in total. The van der Waals surface area contributed by atoms with Gasteiger partial charge in [0.2, 0.25) is 5.71 Å². The Kier molecular flexibility index (Phi) is 4.47. The second kappa shape index (κ2) is 6.56. The van der Waals surface area contributed by atoms with Crippen LogP contribution in [0.25, 0.3) is 0 Å². The van der Waals surface area contributed by atoms with Crippen molar-refractivity contribution in [2.45, 2.75) is 26.3 Å². The first-order valence-electron chi connectivity index (χ1n) is 8.28. The summed E-state index contributed by atoms with van der Waals surface area (Å²) in [4.78, 5) is 0. The number of methoxy groups -OCH3 is 1. The van der Waals surface area contributed by atoms with Crippen LogP contribution < -0.4 is 10.1 Å². The van der Waals surface area contributed by atoms with Gasteiger partial charge in [-0.1, -0.05) is 18.2 Å². The van der Waals surface area contributed by atoms with Crippen LogP contribution in [0.4, 0.5) is 5.69 Å². The van der Waals surface area contributed by atoms with Crippen molar-refractivity contribution in [3.8, 4) is 5.75 Å². The minimum absolute atomic E-state index is 0.0719. The normalized spacial score (nSPS) is 19.4. The van der Waals surface area contributed by atoms with Crippen LogP contribution in [0.3, 0.4) is 0 Å². The van der Waals surface area contributed by atoms with Gasteiger partial charge in [-0.2, -0.15) is 0 Å². The van der Waals surface area contributed by atoms with E-state index in [0.29, 0.717) is 6.54 Å². The summed E-state index contributed by atoms with van der Waals surface area (Å²) in [6.07, 6.45) is 0.837. The molecule has 0 spiro atoms. The number of anilines is 1. The second-order valence-electron chi connectivity index (χ2n) is 6.89. The minimum Gasteiger partial charge on any atom is -0.623 e. The average Bonchev–Trinajstić information content (AvgIpc) is 2.83. The predicted molar refractivity (Wildman–Crippen MR) is 97.8 cm³/mol. The molecule has 1 aliphatic rings. The molecule has 0 aliphatic carbocycles. The maximum Gasteiger partial charge on any atom is 0.200 e. The van der Waals surface area contributed by atoms with E-state index in [2.05, 4.69) is 19.2 Å². The first-order valence-corrected chi connectivity index (χ1v) is 8.28. The van der Waals surface area contributed by atoms with Crippen molar-refractivity contribution < 1.29 is 9.48 Å². The fourth-order valence-electron chi connectivity index (χ4n) is 3.46. The summed E-state index contributed by atoms with van der Waals surface area (Å²) in [5.74, 6) is 0.827. The Morgan fingerprint density at radius 2 is 1.79 bits per heavy atom. The topological polar surface area (TPSA) is 47.3 Å². The molecule has 1 heterocycles. The number of hydrogen-bond acceptors (Lipinski definition) is 3. The van der Waals surface area contributed by atoms with E-state index >= 15 is 0 Å². The maximum absolute atomic E-state index is 12.9. The maximum atomic E-state index is 12.9. The molecule has 2 aromatic carbocycles. The van der Waals surface area contributed by atoms with E-state index in [4.69, 9.17) is 4.74 Å². The number of nitrogens with one attached hydrogen (secondary N) is 1. The Morgan fingerprint density at radius 3 is 2.42 bits per heavy atom. The van der Waals surface area contributed by atoms with Gasteiger partial charge < -0.3 is 15.3 Å². The molecule has 1 unspecified atom stereocenters. The number of hydroxylamine groups is 1. The van der Waals surface area contributed by atoms with E-state index in [-0.39, 0.29) is 11.5 Å². The van der Waals surface area contributed by atoms with E-state index in [1.807, 2.05) is 54.6 Å². The molecule has 0 radical (unpaired) electrons. The Bertz CT molecular complexity index is 721. The molecule has 4 heteroatoms. The van der Waals surface area contributed by atoms with Gasteiger partial charge in [-0.25, -0.2) is 4.74 Å². The van der Waals surface area contributed by atoms with Gasteiger partial charge in [0, 0.05) is 17.7 Å². The van der Waals surface area contributed by atoms with Gasteiger partial charge in [0.25, 0.3) is 0 Å². The van der Waals surface area contributed by atoms with Gasteiger partial charge in [-0.05, 0) is 50.2 Å². The molecule has 0 amide bonds. The third kappa shape index (κ3) is 3.23. The van der Waals surface area contributed by atoms with Gasteiger partial charge in [-0.15, -0.1) is 0 Å². The summed E-state index contributed by atoms with van der Waals surface area (Å²) in [6.45, 7) is 4.91. The van der Waals surface area contributed by atoms with Crippen molar-refractivity contribution >= 4 is 11.4 Å². The Morgan fingerprint density at radius 1 is 1.12 bits per heavy atom. The molecule has 0 fully saturated rings. The quantitative estimate of drug-likeness (QED) is 0.670. The Labute approximate surface area is 143 Å².